The maximum Gasteiger partial charge on any atom is 0.281 e. The number of oxazole rings is 1. The molecule has 1 heterocycles. The lowest BCUT2D eigenvalue weighted by Gasteiger charge is -2.12. The zero-order chi connectivity index (χ0) is 24.2. The van der Waals surface area contributed by atoms with Crippen molar-refractivity contribution in [1.29, 1.82) is 0 Å². The molecular weight excluding hydrogens is 474 g/mol. The molecule has 0 spiro atoms. The summed E-state index contributed by atoms with van der Waals surface area (Å²) in [5, 5.41) is 18.2. The molecule has 0 fully saturated rings. The molecule has 5 N–H and O–H groups in total. The molecule has 0 radical (unpaired) electrons. The van der Waals surface area contributed by atoms with Crippen molar-refractivity contribution in [3.8, 4) is 5.75 Å². The minimum Gasteiger partial charge on any atom is -0.506 e. The van der Waals surface area contributed by atoms with Crippen LogP contribution in [0.1, 0.15) is 11.5 Å². The van der Waals surface area contributed by atoms with Crippen molar-refractivity contribution in [3.05, 3.63) is 65.3 Å². The highest BCUT2D eigenvalue weighted by Gasteiger charge is 2.23. The normalized spacial score (nSPS) is 11.8. The fourth-order valence-corrected chi connectivity index (χ4v) is 4.19. The molecule has 11 nitrogen and oxygen atoms in total. The average molecular weight is 492 g/mol. The lowest BCUT2D eigenvalue weighted by Crippen LogP contribution is -2.25. The van der Waals surface area contributed by atoms with Gasteiger partial charge in [0, 0.05) is 6.07 Å². The van der Waals surface area contributed by atoms with E-state index in [1.165, 1.54) is 24.6 Å². The second-order valence-corrected chi connectivity index (χ2v) is 9.14. The van der Waals surface area contributed by atoms with Gasteiger partial charge in [-0.15, -0.1) is 0 Å². The number of phenolic OH excluding ortho intramolecular Hbond substituents is 1. The van der Waals surface area contributed by atoms with Crippen LogP contribution in [-0.4, -0.2) is 41.8 Å². The molecule has 0 saturated heterocycles. The van der Waals surface area contributed by atoms with E-state index in [1.807, 2.05) is 0 Å². The van der Waals surface area contributed by atoms with Gasteiger partial charge in [-0.1, -0.05) is 23.7 Å². The molecule has 0 bridgehead atoms. The van der Waals surface area contributed by atoms with Crippen molar-refractivity contribution in [2.75, 3.05) is 16.4 Å². The van der Waals surface area contributed by atoms with Crippen LogP contribution in [0.25, 0.3) is 0 Å². The summed E-state index contributed by atoms with van der Waals surface area (Å²) >= 11 is 6.14. The number of carbonyl (C=O) groups excluding carboxylic acids is 2. The van der Waals surface area contributed by atoms with E-state index in [4.69, 9.17) is 21.9 Å². The molecule has 172 valence electrons. The molecular formula is C20H18ClN5O6S. The summed E-state index contributed by atoms with van der Waals surface area (Å²) in [5.41, 5.74) is 0.210. The number of phenols is 1. The van der Waals surface area contributed by atoms with Crippen LogP contribution in [0.15, 0.2) is 63.3 Å². The Morgan fingerprint density at radius 1 is 1.21 bits per heavy atom. The zero-order valence-electron chi connectivity index (χ0n) is 17.1. The van der Waals surface area contributed by atoms with E-state index < -0.39 is 33.2 Å². The molecule has 0 aliphatic rings. The van der Waals surface area contributed by atoms with Crippen LogP contribution in [0.3, 0.4) is 0 Å². The van der Waals surface area contributed by atoms with Crippen molar-refractivity contribution >= 4 is 50.3 Å². The van der Waals surface area contributed by atoms with Crippen molar-refractivity contribution in [2.45, 2.75) is 11.8 Å². The fraction of sp³-hybridized carbons (Fsp3) is 0.100. The molecule has 13 heteroatoms. The van der Waals surface area contributed by atoms with Gasteiger partial charge in [0.15, 0.2) is 9.84 Å². The lowest BCUT2D eigenvalue weighted by molar-refractivity contribution is -0.114. The summed E-state index contributed by atoms with van der Waals surface area (Å²) in [6.45, 7) is 1.73. The van der Waals surface area contributed by atoms with Crippen LogP contribution in [0.4, 0.5) is 11.4 Å². The molecule has 3 aromatic rings. The maximum absolute atomic E-state index is 12.5. The van der Waals surface area contributed by atoms with Gasteiger partial charge in [-0.3, -0.25) is 9.59 Å². The van der Waals surface area contributed by atoms with Gasteiger partial charge in [0.05, 0.1) is 27.5 Å². The number of nitrogens with zero attached hydrogens (tertiary/aromatic N) is 2. The van der Waals surface area contributed by atoms with Crippen molar-refractivity contribution < 1.29 is 27.5 Å². The lowest BCUT2D eigenvalue weighted by atomic mass is 10.2. The first-order valence-corrected chi connectivity index (χ1v) is 11.2. The number of hydrogen-bond acceptors (Lipinski definition) is 9. The van der Waals surface area contributed by atoms with E-state index >= 15 is 0 Å². The first-order valence-electron chi connectivity index (χ1n) is 9.21. The Balaban J connectivity index is 1.73. The molecule has 2 aromatic carbocycles. The number of carbonyl (C=O) groups is 2. The van der Waals surface area contributed by atoms with E-state index in [2.05, 4.69) is 20.7 Å². The first kappa shape index (κ1) is 23.8. The number of hydrogen-bond donors (Lipinski definition) is 4. The first-order chi connectivity index (χ1) is 15.6. The number of anilines is 2. The van der Waals surface area contributed by atoms with E-state index in [9.17, 15) is 23.1 Å². The Kier molecular flexibility index (Phi) is 6.99. The maximum atomic E-state index is 12.5. The third kappa shape index (κ3) is 5.67. The van der Waals surface area contributed by atoms with Gasteiger partial charge in [-0.2, -0.15) is 5.10 Å². The van der Waals surface area contributed by atoms with Crippen LogP contribution in [-0.2, 0) is 19.4 Å². The third-order valence-corrected chi connectivity index (χ3v) is 6.18. The Bertz CT molecular complexity index is 1340. The minimum atomic E-state index is -3.90. The van der Waals surface area contributed by atoms with Gasteiger partial charge in [0.25, 0.3) is 11.8 Å². The van der Waals surface area contributed by atoms with Gasteiger partial charge >= 0.3 is 0 Å². The Hall–Kier alpha value is -3.90. The van der Waals surface area contributed by atoms with Crippen molar-refractivity contribution in [2.24, 2.45) is 10.9 Å². The number of nitrogens with one attached hydrogen (secondary N) is 2. The minimum absolute atomic E-state index is 0.00748. The highest BCUT2D eigenvalue weighted by atomic mass is 35.5. The highest BCUT2D eigenvalue weighted by molar-refractivity contribution is 7.92. The second kappa shape index (κ2) is 9.71. The number of sulfone groups is 1. The molecule has 0 atom stereocenters. The van der Waals surface area contributed by atoms with Gasteiger partial charge in [-0.05, 0) is 30.7 Å². The number of halogens is 1. The third-order valence-electron chi connectivity index (χ3n) is 4.26. The van der Waals surface area contributed by atoms with Gasteiger partial charge in [-0.25, -0.2) is 13.4 Å². The number of aromatic hydroxyl groups is 1. The Morgan fingerprint density at radius 3 is 2.61 bits per heavy atom. The zero-order valence-corrected chi connectivity index (χ0v) is 18.6. The smallest absolute Gasteiger partial charge is 0.281 e. The predicted molar refractivity (Wildman–Crippen MR) is 121 cm³/mol. The molecule has 0 aliphatic carbocycles. The summed E-state index contributed by atoms with van der Waals surface area (Å²) < 4.78 is 29.9. The topological polar surface area (TPSA) is 177 Å². The van der Waals surface area contributed by atoms with Crippen LogP contribution in [0.2, 0.25) is 5.02 Å². The number of aromatic nitrogens is 1. The molecule has 0 aliphatic heterocycles. The average Bonchev–Trinajstić information content (AvgIpc) is 3.26. The molecule has 1 aromatic heterocycles. The summed E-state index contributed by atoms with van der Waals surface area (Å²) in [7, 11) is -3.90. The number of rotatable bonds is 7. The van der Waals surface area contributed by atoms with Crippen LogP contribution >= 0.6 is 11.6 Å². The van der Waals surface area contributed by atoms with Crippen LogP contribution in [0, 0.1) is 6.92 Å². The summed E-state index contributed by atoms with van der Waals surface area (Å²) in [6.07, 6.45) is 2.51. The standard InChI is InChI=1S/C20H18ClN5O6S/c1-11-3-2-4-12(7-11)33(30,31)10-17(28)24-14-9-16(27)15(8-13(14)21)25-19(29)18(26-22)20-23-5-6-32-20/h2-9,27H,10,22H2,1H3,(H,24,28)(H,25,29). The van der Waals surface area contributed by atoms with Gasteiger partial charge < -0.3 is 26.0 Å². The number of amides is 2. The molecule has 2 amide bonds. The largest absolute Gasteiger partial charge is 0.506 e. The van der Waals surface area contributed by atoms with Crippen LogP contribution < -0.4 is 16.5 Å². The molecule has 0 saturated carbocycles. The highest BCUT2D eigenvalue weighted by Crippen LogP contribution is 2.34. The predicted octanol–water partition coefficient (Wildman–Crippen LogP) is 2.06. The Labute approximate surface area is 193 Å². The number of hydrazone groups is 1. The fourth-order valence-electron chi connectivity index (χ4n) is 2.74. The molecule has 33 heavy (non-hydrogen) atoms. The summed E-state index contributed by atoms with van der Waals surface area (Å²) in [4.78, 5) is 28.5. The van der Waals surface area contributed by atoms with E-state index in [0.29, 0.717) is 0 Å². The van der Waals surface area contributed by atoms with Crippen molar-refractivity contribution in [1.82, 2.24) is 4.98 Å². The van der Waals surface area contributed by atoms with E-state index in [1.54, 1.807) is 19.1 Å². The van der Waals surface area contributed by atoms with E-state index in [-0.39, 0.29) is 32.9 Å². The monoisotopic (exact) mass is 491 g/mol. The molecule has 0 unspecified atom stereocenters. The number of benzene rings is 2. The number of nitrogens with two attached hydrogens (primary N) is 1. The van der Waals surface area contributed by atoms with Gasteiger partial charge in [0.1, 0.15) is 17.8 Å². The van der Waals surface area contributed by atoms with E-state index in [0.717, 1.165) is 17.7 Å². The SMILES string of the molecule is Cc1cccc(S(=O)(=O)CC(=O)Nc2cc(O)c(NC(=O)C(=NN)c3ncco3)cc2Cl)c1. The number of aryl methyl sites for hydroxylation is 1. The summed E-state index contributed by atoms with van der Waals surface area (Å²) in [6, 6.07) is 8.36. The van der Waals surface area contributed by atoms with Crippen molar-refractivity contribution in [3.63, 3.8) is 0 Å². The Morgan fingerprint density at radius 2 is 1.97 bits per heavy atom. The second-order valence-electron chi connectivity index (χ2n) is 6.74. The van der Waals surface area contributed by atoms with Gasteiger partial charge in [0.2, 0.25) is 11.6 Å². The van der Waals surface area contributed by atoms with Crippen LogP contribution in [0.5, 0.6) is 5.75 Å². The molecule has 3 rings (SSSR count). The quantitative estimate of drug-likeness (QED) is 0.168. The summed E-state index contributed by atoms with van der Waals surface area (Å²) in [5.74, 6) is 2.06.